The minimum Gasteiger partial charge on any atom is -0.746 e. The Morgan fingerprint density at radius 3 is 1.75 bits per heavy atom. The van der Waals surface area contributed by atoms with Gasteiger partial charge in [-0.2, -0.15) is 0 Å². The van der Waals surface area contributed by atoms with Crippen LogP contribution in [0.5, 0.6) is 0 Å². The number of rotatable bonds is 1. The molecule has 1 N–H and O–H groups in total. The summed E-state index contributed by atoms with van der Waals surface area (Å²) in [5, 5.41) is 9.18. The Morgan fingerprint density at radius 2 is 1.67 bits per heavy atom. The average Bonchev–Trinajstić information content (AvgIpc) is 1.55. The van der Waals surface area contributed by atoms with E-state index in [4.69, 9.17) is 0 Å². The standard InChI is InChI=1S/C6H12O4S.Na/c1-5(2)3-6(7,4-5)11(8,9)10;/h7H,3-4H2,1-2H3,(H,8,9,10);/q;+1/p-1. The molecular weight excluding hydrogens is 191 g/mol. The van der Waals surface area contributed by atoms with Gasteiger partial charge >= 0.3 is 29.6 Å². The van der Waals surface area contributed by atoms with Crippen LogP contribution in [0.2, 0.25) is 0 Å². The number of aliphatic hydroxyl groups is 1. The molecule has 1 rings (SSSR count). The van der Waals surface area contributed by atoms with Gasteiger partial charge in [-0.3, -0.25) is 0 Å². The molecule has 0 heterocycles. The van der Waals surface area contributed by atoms with Gasteiger partial charge in [0.1, 0.15) is 10.1 Å². The Morgan fingerprint density at radius 1 is 1.33 bits per heavy atom. The third-order valence-electron chi connectivity index (χ3n) is 1.97. The average molecular weight is 202 g/mol. The molecule has 0 aliphatic heterocycles. The monoisotopic (exact) mass is 202 g/mol. The normalized spacial score (nSPS) is 25.3. The molecular formula is C6H11NaO4S. The molecule has 6 heteroatoms. The Kier molecular flexibility index (Phi) is 3.45. The van der Waals surface area contributed by atoms with Gasteiger partial charge in [-0.15, -0.1) is 0 Å². The van der Waals surface area contributed by atoms with E-state index >= 15 is 0 Å². The van der Waals surface area contributed by atoms with Crippen LogP contribution in [-0.2, 0) is 10.1 Å². The second-order valence-electron chi connectivity index (χ2n) is 3.92. The zero-order valence-electron chi connectivity index (χ0n) is 7.49. The first-order chi connectivity index (χ1) is 4.66. The van der Waals surface area contributed by atoms with Crippen molar-refractivity contribution < 1.29 is 47.6 Å². The van der Waals surface area contributed by atoms with E-state index in [0.717, 1.165) is 0 Å². The predicted molar refractivity (Wildman–Crippen MR) is 37.7 cm³/mol. The zero-order valence-corrected chi connectivity index (χ0v) is 10.3. The topological polar surface area (TPSA) is 77.4 Å². The minimum atomic E-state index is -4.53. The SMILES string of the molecule is CC1(C)CC(O)(S(=O)(=O)[O-])C1.[Na+]. The van der Waals surface area contributed by atoms with Crippen LogP contribution in [0.4, 0.5) is 0 Å². The van der Waals surface area contributed by atoms with Gasteiger partial charge in [0.05, 0.1) is 0 Å². The second kappa shape index (κ2) is 3.22. The van der Waals surface area contributed by atoms with Crippen LogP contribution in [0.15, 0.2) is 0 Å². The summed E-state index contributed by atoms with van der Waals surface area (Å²) in [6.07, 6.45) is 0.0949. The van der Waals surface area contributed by atoms with E-state index in [1.807, 2.05) is 13.8 Å². The third-order valence-corrected chi connectivity index (χ3v) is 3.19. The molecule has 0 aromatic heterocycles. The maximum atomic E-state index is 10.4. The van der Waals surface area contributed by atoms with Crippen LogP contribution in [0.1, 0.15) is 26.7 Å². The van der Waals surface area contributed by atoms with E-state index < -0.39 is 15.1 Å². The zero-order chi connectivity index (χ0) is 8.91. The third kappa shape index (κ3) is 2.21. The summed E-state index contributed by atoms with van der Waals surface area (Å²) in [7, 11) is -4.53. The first kappa shape index (κ1) is 12.9. The van der Waals surface area contributed by atoms with Crippen molar-refractivity contribution in [3.8, 4) is 0 Å². The van der Waals surface area contributed by atoms with Crippen molar-refractivity contribution in [3.63, 3.8) is 0 Å². The molecule has 0 unspecified atom stereocenters. The van der Waals surface area contributed by atoms with Crippen LogP contribution in [0.3, 0.4) is 0 Å². The van der Waals surface area contributed by atoms with Crippen molar-refractivity contribution in [2.75, 3.05) is 0 Å². The van der Waals surface area contributed by atoms with Crippen LogP contribution in [-0.4, -0.2) is 23.0 Å². The largest absolute Gasteiger partial charge is 1.00 e. The van der Waals surface area contributed by atoms with E-state index in [-0.39, 0.29) is 47.8 Å². The van der Waals surface area contributed by atoms with Crippen molar-refractivity contribution in [2.24, 2.45) is 5.41 Å². The Balaban J connectivity index is 0.00000121. The molecule has 0 aromatic rings. The summed E-state index contributed by atoms with van der Waals surface area (Å²) in [6.45, 7) is 3.62. The number of hydrogen-bond donors (Lipinski definition) is 1. The molecule has 1 saturated carbocycles. The van der Waals surface area contributed by atoms with Gasteiger partial charge in [-0.05, 0) is 18.3 Å². The smallest absolute Gasteiger partial charge is 0.746 e. The molecule has 66 valence electrons. The van der Waals surface area contributed by atoms with E-state index in [1.54, 1.807) is 0 Å². The summed E-state index contributed by atoms with van der Waals surface area (Å²) in [6, 6.07) is 0. The quantitative estimate of drug-likeness (QED) is 0.364. The molecule has 0 radical (unpaired) electrons. The van der Waals surface area contributed by atoms with Crippen molar-refractivity contribution in [1.29, 1.82) is 0 Å². The van der Waals surface area contributed by atoms with Crippen molar-refractivity contribution in [2.45, 2.75) is 31.6 Å². The molecule has 1 aliphatic rings. The Hall–Kier alpha value is 0.870. The van der Waals surface area contributed by atoms with Gasteiger partial charge in [0.25, 0.3) is 0 Å². The summed E-state index contributed by atoms with van der Waals surface area (Å²) in [4.78, 5) is -1.99. The molecule has 4 nitrogen and oxygen atoms in total. The summed E-state index contributed by atoms with van der Waals surface area (Å²) in [5.74, 6) is 0. The Labute approximate surface area is 94.4 Å². The van der Waals surface area contributed by atoms with E-state index in [9.17, 15) is 18.1 Å². The molecule has 0 amide bonds. The van der Waals surface area contributed by atoms with Crippen molar-refractivity contribution in [3.05, 3.63) is 0 Å². The van der Waals surface area contributed by atoms with Crippen LogP contribution < -0.4 is 29.6 Å². The second-order valence-corrected chi connectivity index (χ2v) is 5.59. The van der Waals surface area contributed by atoms with Gasteiger partial charge in [0.2, 0.25) is 0 Å². The van der Waals surface area contributed by atoms with Gasteiger partial charge in [0.15, 0.2) is 4.93 Å². The maximum Gasteiger partial charge on any atom is 1.00 e. The molecule has 0 bridgehead atoms. The molecule has 1 fully saturated rings. The Bertz CT molecular complexity index is 261. The van der Waals surface area contributed by atoms with E-state index in [2.05, 4.69) is 0 Å². The van der Waals surface area contributed by atoms with Crippen LogP contribution in [0, 0.1) is 5.41 Å². The fourth-order valence-corrected chi connectivity index (χ4v) is 2.76. The first-order valence-electron chi connectivity index (χ1n) is 3.34. The van der Waals surface area contributed by atoms with Gasteiger partial charge in [0, 0.05) is 0 Å². The first-order valence-corrected chi connectivity index (χ1v) is 4.75. The molecule has 0 saturated heterocycles. The predicted octanol–water partition coefficient (Wildman–Crippen LogP) is -2.96. The molecule has 0 aromatic carbocycles. The summed E-state index contributed by atoms with van der Waals surface area (Å²) in [5.41, 5.74) is -0.216. The maximum absolute atomic E-state index is 10.4. The summed E-state index contributed by atoms with van der Waals surface area (Å²) >= 11 is 0. The fourth-order valence-electron chi connectivity index (χ4n) is 1.62. The molecule has 1 aliphatic carbocycles. The van der Waals surface area contributed by atoms with Gasteiger partial charge < -0.3 is 9.66 Å². The van der Waals surface area contributed by atoms with Crippen LogP contribution in [0.25, 0.3) is 0 Å². The minimum absolute atomic E-state index is 0. The van der Waals surface area contributed by atoms with E-state index in [1.165, 1.54) is 0 Å². The number of hydrogen-bond acceptors (Lipinski definition) is 4. The summed E-state index contributed by atoms with van der Waals surface area (Å²) < 4.78 is 31.3. The van der Waals surface area contributed by atoms with E-state index in [0.29, 0.717) is 0 Å². The van der Waals surface area contributed by atoms with Crippen molar-refractivity contribution >= 4 is 10.1 Å². The van der Waals surface area contributed by atoms with Crippen LogP contribution >= 0.6 is 0 Å². The fraction of sp³-hybridized carbons (Fsp3) is 1.00. The van der Waals surface area contributed by atoms with Gasteiger partial charge in [-0.25, -0.2) is 8.42 Å². The molecule has 0 spiro atoms. The molecule has 12 heavy (non-hydrogen) atoms. The molecule has 0 atom stereocenters. The van der Waals surface area contributed by atoms with Gasteiger partial charge in [-0.1, -0.05) is 13.8 Å². The van der Waals surface area contributed by atoms with Crippen molar-refractivity contribution in [1.82, 2.24) is 0 Å².